The molecule has 1 heterocycles. The van der Waals surface area contributed by atoms with Gasteiger partial charge in [-0.1, -0.05) is 12.1 Å². The van der Waals surface area contributed by atoms with Gasteiger partial charge in [0.05, 0.1) is 5.56 Å². The van der Waals surface area contributed by atoms with Crippen LogP contribution in [0.15, 0.2) is 24.3 Å². The molecule has 4 N–H and O–H groups in total. The molecule has 0 spiro atoms. The molecule has 0 bridgehead atoms. The molecule has 1 aromatic carbocycles. The number of hydrogen-bond acceptors (Lipinski definition) is 3. The summed E-state index contributed by atoms with van der Waals surface area (Å²) in [6.45, 7) is 1.89. The van der Waals surface area contributed by atoms with Crippen LogP contribution in [0.4, 0.5) is 5.69 Å². The van der Waals surface area contributed by atoms with Crippen molar-refractivity contribution in [1.29, 1.82) is 0 Å². The minimum Gasteiger partial charge on any atom is -0.398 e. The second-order valence-corrected chi connectivity index (χ2v) is 4.10. The van der Waals surface area contributed by atoms with Crippen LogP contribution in [0.1, 0.15) is 23.2 Å². The summed E-state index contributed by atoms with van der Waals surface area (Å²) in [5, 5.41) is 6.25. The van der Waals surface area contributed by atoms with Gasteiger partial charge in [0.25, 0.3) is 5.91 Å². The van der Waals surface area contributed by atoms with E-state index in [1.54, 1.807) is 12.1 Å². The van der Waals surface area contributed by atoms with Crippen LogP contribution in [0.5, 0.6) is 0 Å². The first-order chi connectivity index (χ1) is 7.77. The summed E-state index contributed by atoms with van der Waals surface area (Å²) in [6, 6.07) is 7.37. The third kappa shape index (κ3) is 2.52. The minimum absolute atomic E-state index is 0.0770. The van der Waals surface area contributed by atoms with E-state index in [2.05, 4.69) is 10.6 Å². The lowest BCUT2D eigenvalue weighted by molar-refractivity contribution is 0.0931. The lowest BCUT2D eigenvalue weighted by atomic mass is 10.1. The van der Waals surface area contributed by atoms with Gasteiger partial charge in [-0.05, 0) is 31.5 Å². The van der Waals surface area contributed by atoms with E-state index >= 15 is 0 Å². The standard InChI is InChI=1S/C12H17N3O/c13-11-6-2-1-5-10(11)12(16)15-9-4-3-7-14-8-9/h1-2,5-6,9,14H,3-4,7-8,13H2,(H,15,16)/t9-/m0/s1. The highest BCUT2D eigenvalue weighted by atomic mass is 16.1. The molecule has 0 aromatic heterocycles. The van der Waals surface area contributed by atoms with Crippen LogP contribution in [0.3, 0.4) is 0 Å². The number of nitrogen functional groups attached to an aromatic ring is 1. The minimum atomic E-state index is -0.0770. The van der Waals surface area contributed by atoms with E-state index in [0.717, 1.165) is 25.9 Å². The predicted molar refractivity (Wildman–Crippen MR) is 64.2 cm³/mol. The number of hydrogen-bond donors (Lipinski definition) is 3. The molecule has 0 unspecified atom stereocenters. The van der Waals surface area contributed by atoms with Crippen LogP contribution in [0, 0.1) is 0 Å². The zero-order valence-electron chi connectivity index (χ0n) is 9.20. The van der Waals surface area contributed by atoms with Gasteiger partial charge in [-0.2, -0.15) is 0 Å². The van der Waals surface area contributed by atoms with Gasteiger partial charge in [-0.3, -0.25) is 4.79 Å². The summed E-state index contributed by atoms with van der Waals surface area (Å²) < 4.78 is 0. The van der Waals surface area contributed by atoms with Crippen LogP contribution in [-0.4, -0.2) is 25.0 Å². The average molecular weight is 219 g/mol. The summed E-state index contributed by atoms with van der Waals surface area (Å²) in [5.74, 6) is -0.0770. The molecule has 0 radical (unpaired) electrons. The number of para-hydroxylation sites is 1. The topological polar surface area (TPSA) is 67.2 Å². The monoisotopic (exact) mass is 219 g/mol. The van der Waals surface area contributed by atoms with E-state index < -0.39 is 0 Å². The summed E-state index contributed by atoms with van der Waals surface area (Å²) in [6.07, 6.45) is 2.14. The maximum Gasteiger partial charge on any atom is 0.253 e. The summed E-state index contributed by atoms with van der Waals surface area (Å²) in [4.78, 5) is 11.9. The van der Waals surface area contributed by atoms with Crippen molar-refractivity contribution < 1.29 is 4.79 Å². The van der Waals surface area contributed by atoms with Crippen LogP contribution in [0.25, 0.3) is 0 Å². The van der Waals surface area contributed by atoms with Gasteiger partial charge in [0, 0.05) is 18.3 Å². The quantitative estimate of drug-likeness (QED) is 0.643. The fourth-order valence-corrected chi connectivity index (χ4v) is 1.94. The molecule has 4 nitrogen and oxygen atoms in total. The Morgan fingerprint density at radius 2 is 2.25 bits per heavy atom. The van der Waals surface area contributed by atoms with Crippen LogP contribution in [0.2, 0.25) is 0 Å². The first kappa shape index (κ1) is 11.0. The molecule has 1 aliphatic rings. The normalized spacial score (nSPS) is 20.4. The molecule has 1 aliphatic heterocycles. The average Bonchev–Trinajstić information content (AvgIpc) is 2.31. The van der Waals surface area contributed by atoms with Crippen molar-refractivity contribution in [3.8, 4) is 0 Å². The lowest BCUT2D eigenvalue weighted by Crippen LogP contribution is -2.45. The van der Waals surface area contributed by atoms with Crippen molar-refractivity contribution in [2.24, 2.45) is 0 Å². The van der Waals surface area contributed by atoms with Gasteiger partial charge in [-0.25, -0.2) is 0 Å². The lowest BCUT2D eigenvalue weighted by Gasteiger charge is -2.24. The van der Waals surface area contributed by atoms with Crippen LogP contribution in [-0.2, 0) is 0 Å². The van der Waals surface area contributed by atoms with Crippen molar-refractivity contribution in [2.75, 3.05) is 18.8 Å². The van der Waals surface area contributed by atoms with Gasteiger partial charge in [0.15, 0.2) is 0 Å². The largest absolute Gasteiger partial charge is 0.398 e. The highest BCUT2D eigenvalue weighted by molar-refractivity contribution is 5.99. The van der Waals surface area contributed by atoms with E-state index in [-0.39, 0.29) is 11.9 Å². The fraction of sp³-hybridized carbons (Fsp3) is 0.417. The molecule has 2 rings (SSSR count). The van der Waals surface area contributed by atoms with Crippen molar-refractivity contribution in [1.82, 2.24) is 10.6 Å². The number of anilines is 1. The first-order valence-corrected chi connectivity index (χ1v) is 5.63. The maximum atomic E-state index is 11.9. The van der Waals surface area contributed by atoms with Crippen LogP contribution >= 0.6 is 0 Å². The van der Waals surface area contributed by atoms with Gasteiger partial charge in [0.2, 0.25) is 0 Å². The third-order valence-corrected chi connectivity index (χ3v) is 2.84. The Labute approximate surface area is 95.2 Å². The van der Waals surface area contributed by atoms with Gasteiger partial charge >= 0.3 is 0 Å². The molecular weight excluding hydrogens is 202 g/mol. The molecule has 1 atom stereocenters. The highest BCUT2D eigenvalue weighted by Gasteiger charge is 2.17. The van der Waals surface area contributed by atoms with Crippen molar-refractivity contribution in [3.63, 3.8) is 0 Å². The molecule has 1 saturated heterocycles. The Hall–Kier alpha value is -1.55. The highest BCUT2D eigenvalue weighted by Crippen LogP contribution is 2.11. The van der Waals surface area contributed by atoms with Crippen molar-refractivity contribution in [3.05, 3.63) is 29.8 Å². The maximum absolute atomic E-state index is 11.9. The predicted octanol–water partition coefficient (Wildman–Crippen LogP) is 0.751. The number of benzene rings is 1. The molecule has 0 aliphatic carbocycles. The van der Waals surface area contributed by atoms with E-state index in [1.807, 2.05) is 12.1 Å². The second kappa shape index (κ2) is 4.99. The Morgan fingerprint density at radius 3 is 2.94 bits per heavy atom. The molecule has 1 amide bonds. The summed E-state index contributed by atoms with van der Waals surface area (Å²) in [5.41, 5.74) is 6.84. The molecule has 16 heavy (non-hydrogen) atoms. The molecule has 86 valence electrons. The van der Waals surface area contributed by atoms with Gasteiger partial charge in [0.1, 0.15) is 0 Å². The number of amides is 1. The number of nitrogens with two attached hydrogens (primary N) is 1. The van der Waals surface area contributed by atoms with E-state index in [4.69, 9.17) is 5.73 Å². The van der Waals surface area contributed by atoms with Crippen molar-refractivity contribution in [2.45, 2.75) is 18.9 Å². The third-order valence-electron chi connectivity index (χ3n) is 2.84. The van der Waals surface area contributed by atoms with E-state index in [0.29, 0.717) is 11.3 Å². The SMILES string of the molecule is Nc1ccccc1C(=O)N[C@H]1CCCNC1. The summed E-state index contributed by atoms with van der Waals surface area (Å²) >= 11 is 0. The zero-order chi connectivity index (χ0) is 11.4. The van der Waals surface area contributed by atoms with Crippen molar-refractivity contribution >= 4 is 11.6 Å². The Balaban J connectivity index is 2.00. The smallest absolute Gasteiger partial charge is 0.253 e. The van der Waals surface area contributed by atoms with E-state index in [1.165, 1.54) is 0 Å². The van der Waals surface area contributed by atoms with Gasteiger partial charge in [-0.15, -0.1) is 0 Å². The Bertz CT molecular complexity index is 372. The molecule has 0 saturated carbocycles. The number of piperidine rings is 1. The second-order valence-electron chi connectivity index (χ2n) is 4.10. The first-order valence-electron chi connectivity index (χ1n) is 5.63. The summed E-state index contributed by atoms with van der Waals surface area (Å²) in [7, 11) is 0. The number of rotatable bonds is 2. The number of nitrogens with one attached hydrogen (secondary N) is 2. The molecule has 1 fully saturated rings. The number of carbonyl (C=O) groups is 1. The number of carbonyl (C=O) groups excluding carboxylic acids is 1. The van der Waals surface area contributed by atoms with Gasteiger partial charge < -0.3 is 16.4 Å². The van der Waals surface area contributed by atoms with E-state index in [9.17, 15) is 4.79 Å². The zero-order valence-corrected chi connectivity index (χ0v) is 9.20. The Morgan fingerprint density at radius 1 is 1.44 bits per heavy atom. The molecule has 1 aromatic rings. The fourth-order valence-electron chi connectivity index (χ4n) is 1.94. The van der Waals surface area contributed by atoms with Crippen LogP contribution < -0.4 is 16.4 Å². The molecular formula is C12H17N3O. The Kier molecular flexibility index (Phi) is 3.41. The molecule has 4 heteroatoms.